The van der Waals surface area contributed by atoms with Gasteiger partial charge in [-0.2, -0.15) is 0 Å². The molecule has 0 aromatic heterocycles. The molecule has 0 fully saturated rings. The predicted octanol–water partition coefficient (Wildman–Crippen LogP) is 2.37. The summed E-state index contributed by atoms with van der Waals surface area (Å²) in [6.45, 7) is 2.51. The van der Waals surface area contributed by atoms with Crippen LogP contribution in [-0.2, 0) is 16.4 Å². The summed E-state index contributed by atoms with van der Waals surface area (Å²) in [4.78, 5) is 0. The average Bonchev–Trinajstić information content (AvgIpc) is 2.42. The zero-order chi connectivity index (χ0) is 15.5. The molecule has 2 rings (SSSR count). The topological polar surface area (TPSA) is 55.4 Å². The molecule has 1 N–H and O–H groups in total. The molecule has 2 aromatic carbocycles. The molecule has 1 unspecified atom stereocenters. The van der Waals surface area contributed by atoms with Gasteiger partial charge in [0, 0.05) is 24.2 Å². The molecule has 0 saturated heterocycles. The molecule has 114 valence electrons. The van der Waals surface area contributed by atoms with E-state index in [0.717, 1.165) is 22.1 Å². The standard InChI is InChI=1S/C16H21NO3S/c1-12(11-21(3,18)19)17-10-13-8-9-16(20-2)15-7-5-4-6-14(13)15/h4-9,12,17H,10-11H2,1-3H3. The third kappa shape index (κ3) is 4.19. The number of benzene rings is 2. The zero-order valence-corrected chi connectivity index (χ0v) is 13.4. The number of fused-ring (bicyclic) bond motifs is 1. The number of ether oxygens (including phenoxy) is 1. The largest absolute Gasteiger partial charge is 0.496 e. The molecule has 4 nitrogen and oxygen atoms in total. The molecule has 21 heavy (non-hydrogen) atoms. The van der Waals surface area contributed by atoms with Crippen LogP contribution in [0.2, 0.25) is 0 Å². The van der Waals surface area contributed by atoms with Crippen LogP contribution in [0, 0.1) is 0 Å². The fourth-order valence-corrected chi connectivity index (χ4v) is 3.49. The van der Waals surface area contributed by atoms with Crippen molar-refractivity contribution in [3.05, 3.63) is 42.0 Å². The van der Waals surface area contributed by atoms with E-state index in [1.165, 1.54) is 6.26 Å². The summed E-state index contributed by atoms with van der Waals surface area (Å²) in [6, 6.07) is 11.9. The minimum absolute atomic E-state index is 0.0825. The lowest BCUT2D eigenvalue weighted by Crippen LogP contribution is -2.32. The van der Waals surface area contributed by atoms with Crippen LogP contribution < -0.4 is 10.1 Å². The predicted molar refractivity (Wildman–Crippen MR) is 86.5 cm³/mol. The molecule has 2 aromatic rings. The number of rotatable bonds is 6. The van der Waals surface area contributed by atoms with Gasteiger partial charge in [0.05, 0.1) is 12.9 Å². The van der Waals surface area contributed by atoms with Crippen molar-refractivity contribution in [1.82, 2.24) is 5.32 Å². The van der Waals surface area contributed by atoms with Gasteiger partial charge in [-0.25, -0.2) is 8.42 Å². The Morgan fingerprint density at radius 2 is 1.81 bits per heavy atom. The fourth-order valence-electron chi connectivity index (χ4n) is 2.46. The van der Waals surface area contributed by atoms with Crippen LogP contribution >= 0.6 is 0 Å². The minimum Gasteiger partial charge on any atom is -0.496 e. The highest BCUT2D eigenvalue weighted by Crippen LogP contribution is 2.28. The molecule has 5 heteroatoms. The van der Waals surface area contributed by atoms with E-state index < -0.39 is 9.84 Å². The van der Waals surface area contributed by atoms with Gasteiger partial charge in [-0.05, 0) is 23.9 Å². The monoisotopic (exact) mass is 307 g/mol. The number of sulfone groups is 1. The Bertz CT molecular complexity index is 725. The molecule has 0 heterocycles. The first-order chi connectivity index (χ1) is 9.90. The van der Waals surface area contributed by atoms with Crippen molar-refractivity contribution in [2.24, 2.45) is 0 Å². The van der Waals surface area contributed by atoms with E-state index in [-0.39, 0.29) is 11.8 Å². The molecule has 1 atom stereocenters. The van der Waals surface area contributed by atoms with Crippen LogP contribution in [-0.4, -0.2) is 33.6 Å². The van der Waals surface area contributed by atoms with E-state index in [4.69, 9.17) is 4.74 Å². The summed E-state index contributed by atoms with van der Waals surface area (Å²) < 4.78 is 28.0. The molecule has 0 aliphatic rings. The Labute approximate surface area is 126 Å². The molecule has 0 bridgehead atoms. The second-order valence-electron chi connectivity index (χ2n) is 5.35. The van der Waals surface area contributed by atoms with Gasteiger partial charge in [0.2, 0.25) is 0 Å². The summed E-state index contributed by atoms with van der Waals surface area (Å²) in [6.07, 6.45) is 1.26. The summed E-state index contributed by atoms with van der Waals surface area (Å²) >= 11 is 0. The van der Waals surface area contributed by atoms with Gasteiger partial charge in [0.15, 0.2) is 0 Å². The van der Waals surface area contributed by atoms with Crippen molar-refractivity contribution in [3.8, 4) is 5.75 Å². The summed E-state index contributed by atoms with van der Waals surface area (Å²) in [5, 5.41) is 5.45. The lowest BCUT2D eigenvalue weighted by atomic mass is 10.0. The maximum atomic E-state index is 11.3. The number of hydrogen-bond donors (Lipinski definition) is 1. The van der Waals surface area contributed by atoms with E-state index in [1.54, 1.807) is 7.11 Å². The fraction of sp³-hybridized carbons (Fsp3) is 0.375. The van der Waals surface area contributed by atoms with Crippen LogP contribution in [0.15, 0.2) is 36.4 Å². The highest BCUT2D eigenvalue weighted by molar-refractivity contribution is 7.90. The molecular weight excluding hydrogens is 286 g/mol. The molecule has 0 aliphatic heterocycles. The number of hydrogen-bond acceptors (Lipinski definition) is 4. The maximum Gasteiger partial charge on any atom is 0.148 e. The normalized spacial score (nSPS) is 13.3. The highest BCUT2D eigenvalue weighted by atomic mass is 32.2. The van der Waals surface area contributed by atoms with Crippen molar-refractivity contribution in [3.63, 3.8) is 0 Å². The lowest BCUT2D eigenvalue weighted by Gasteiger charge is -2.15. The first-order valence-electron chi connectivity index (χ1n) is 6.86. The van der Waals surface area contributed by atoms with Gasteiger partial charge < -0.3 is 10.1 Å². The van der Waals surface area contributed by atoms with E-state index in [0.29, 0.717) is 6.54 Å². The third-order valence-corrected chi connectivity index (χ3v) is 4.49. The van der Waals surface area contributed by atoms with Crippen LogP contribution in [0.3, 0.4) is 0 Å². The van der Waals surface area contributed by atoms with Gasteiger partial charge in [-0.1, -0.05) is 30.3 Å². The van der Waals surface area contributed by atoms with Gasteiger partial charge in [0.25, 0.3) is 0 Å². The van der Waals surface area contributed by atoms with Crippen LogP contribution in [0.4, 0.5) is 0 Å². The van der Waals surface area contributed by atoms with Crippen LogP contribution in [0.1, 0.15) is 12.5 Å². The Morgan fingerprint density at radius 3 is 2.43 bits per heavy atom. The lowest BCUT2D eigenvalue weighted by molar-refractivity contribution is 0.419. The van der Waals surface area contributed by atoms with E-state index in [9.17, 15) is 8.42 Å². The maximum absolute atomic E-state index is 11.3. The Hall–Kier alpha value is -1.59. The average molecular weight is 307 g/mol. The van der Waals surface area contributed by atoms with Gasteiger partial charge in [-0.15, -0.1) is 0 Å². The van der Waals surface area contributed by atoms with Gasteiger partial charge in [0.1, 0.15) is 15.6 Å². The first kappa shape index (κ1) is 15.8. The Balaban J connectivity index is 2.20. The van der Waals surface area contributed by atoms with Crippen molar-refractivity contribution >= 4 is 20.6 Å². The number of methoxy groups -OCH3 is 1. The molecule has 0 spiro atoms. The number of nitrogens with one attached hydrogen (secondary N) is 1. The SMILES string of the molecule is COc1ccc(CNC(C)CS(C)(=O)=O)c2ccccc12. The Morgan fingerprint density at radius 1 is 1.14 bits per heavy atom. The molecule has 0 amide bonds. The molecule has 0 saturated carbocycles. The van der Waals surface area contributed by atoms with E-state index in [1.807, 2.05) is 37.3 Å². The second-order valence-corrected chi connectivity index (χ2v) is 7.53. The summed E-state index contributed by atoms with van der Waals surface area (Å²) in [5.74, 6) is 0.986. The molecule has 0 radical (unpaired) electrons. The van der Waals surface area contributed by atoms with E-state index >= 15 is 0 Å². The smallest absolute Gasteiger partial charge is 0.148 e. The van der Waals surface area contributed by atoms with Crippen molar-refractivity contribution in [2.45, 2.75) is 19.5 Å². The Kier molecular flexibility index (Phi) is 4.85. The molecular formula is C16H21NO3S. The van der Waals surface area contributed by atoms with Crippen molar-refractivity contribution < 1.29 is 13.2 Å². The first-order valence-corrected chi connectivity index (χ1v) is 8.92. The quantitative estimate of drug-likeness (QED) is 0.890. The van der Waals surface area contributed by atoms with Gasteiger partial charge in [-0.3, -0.25) is 0 Å². The van der Waals surface area contributed by atoms with Crippen molar-refractivity contribution in [2.75, 3.05) is 19.1 Å². The minimum atomic E-state index is -2.96. The second kappa shape index (κ2) is 6.45. The molecule has 0 aliphatic carbocycles. The van der Waals surface area contributed by atoms with E-state index in [2.05, 4.69) is 11.4 Å². The van der Waals surface area contributed by atoms with Crippen LogP contribution in [0.5, 0.6) is 5.75 Å². The highest BCUT2D eigenvalue weighted by Gasteiger charge is 2.11. The van der Waals surface area contributed by atoms with Crippen molar-refractivity contribution in [1.29, 1.82) is 0 Å². The summed E-state index contributed by atoms with van der Waals surface area (Å²) in [5.41, 5.74) is 1.13. The van der Waals surface area contributed by atoms with Gasteiger partial charge >= 0.3 is 0 Å². The zero-order valence-electron chi connectivity index (χ0n) is 12.6. The third-order valence-electron chi connectivity index (χ3n) is 3.39. The summed E-state index contributed by atoms with van der Waals surface area (Å²) in [7, 11) is -1.30. The van der Waals surface area contributed by atoms with Crippen LogP contribution in [0.25, 0.3) is 10.8 Å².